The van der Waals surface area contributed by atoms with Gasteiger partial charge < -0.3 is 41.7 Å². The summed E-state index contributed by atoms with van der Waals surface area (Å²) in [5.41, 5.74) is -0.360. The highest BCUT2D eigenvalue weighted by atomic mass is 16.4. The number of hydrogen-bond donors (Lipinski definition) is 7. The van der Waals surface area contributed by atoms with Gasteiger partial charge in [-0.1, -0.05) is 84.9 Å². The standard InChI is InChI=1S/C43H63N7O11/c1-25(2)30(49(10)39(57)36(42(4,5)6)48-38(56)35(44-9)43(7,8)27-14-12-11-13-15-27)24-26(3)37(55)47-29(41(60)61)17-19-32(52)46-28(40(58)59)16-18-31(51)45-22-23-50-33(53)20-21-34(50)54/h11-15,20-21,24-25,28-30,35-36,44H,16-19,22-23H2,1-10H3,(H,45,51)(H,46,52)(H,47,55)(H,48,56)(H,58,59)(H,60,61)/b26-24+/t28-,29-,30-,35-,36-/m1/s1. The minimum Gasteiger partial charge on any atom is -0.480 e. The van der Waals surface area contributed by atoms with Gasteiger partial charge in [-0.25, -0.2) is 9.59 Å². The van der Waals surface area contributed by atoms with Crippen molar-refractivity contribution in [2.75, 3.05) is 27.2 Å². The Hall–Kier alpha value is -5.91. The molecular formula is C43H63N7O11. The van der Waals surface area contributed by atoms with Crippen LogP contribution in [0.2, 0.25) is 0 Å². The van der Waals surface area contributed by atoms with Crippen molar-refractivity contribution >= 4 is 53.3 Å². The van der Waals surface area contributed by atoms with Crippen LogP contribution in [0.15, 0.2) is 54.1 Å². The summed E-state index contributed by atoms with van der Waals surface area (Å²) in [7, 11) is 3.25. The first-order valence-electron chi connectivity index (χ1n) is 20.2. The molecule has 61 heavy (non-hydrogen) atoms. The number of aliphatic carboxylic acids is 2. The molecule has 336 valence electrons. The lowest BCUT2D eigenvalue weighted by atomic mass is 9.76. The SMILES string of the molecule is CN[C@H](C(=O)N[C@H](C(=O)N(C)[C@H](/C=C(\C)C(=O)N[C@H](CCC(=O)N[C@H](CCC(=O)NCCN1C(=O)C=CC1=O)C(=O)O)C(=O)O)C(C)C)C(C)(C)C)C(C)(C)c1ccccc1. The molecule has 2 rings (SSSR count). The molecule has 0 bridgehead atoms. The first kappa shape index (κ1) is 51.2. The van der Waals surface area contributed by atoms with Crippen molar-refractivity contribution in [1.29, 1.82) is 0 Å². The van der Waals surface area contributed by atoms with Crippen LogP contribution in [0.25, 0.3) is 0 Å². The fourth-order valence-electron chi connectivity index (χ4n) is 6.81. The Bertz CT molecular complexity index is 1840. The second kappa shape index (κ2) is 22.6. The van der Waals surface area contributed by atoms with Crippen molar-refractivity contribution in [1.82, 2.24) is 36.4 Å². The van der Waals surface area contributed by atoms with E-state index in [0.717, 1.165) is 22.6 Å². The first-order valence-corrected chi connectivity index (χ1v) is 20.2. The topological polar surface area (TPSA) is 261 Å². The summed E-state index contributed by atoms with van der Waals surface area (Å²) >= 11 is 0. The van der Waals surface area contributed by atoms with E-state index in [-0.39, 0.29) is 43.3 Å². The van der Waals surface area contributed by atoms with Gasteiger partial charge in [0.05, 0.1) is 12.1 Å². The summed E-state index contributed by atoms with van der Waals surface area (Å²) < 4.78 is 0. The number of rotatable bonds is 23. The van der Waals surface area contributed by atoms with Crippen LogP contribution in [0.4, 0.5) is 0 Å². The molecule has 0 aromatic heterocycles. The highest BCUT2D eigenvalue weighted by Crippen LogP contribution is 2.29. The lowest BCUT2D eigenvalue weighted by Crippen LogP contribution is -2.61. The molecule has 1 heterocycles. The van der Waals surface area contributed by atoms with Crippen LogP contribution in [0.3, 0.4) is 0 Å². The normalized spacial score (nSPS) is 15.7. The summed E-state index contributed by atoms with van der Waals surface area (Å²) in [5.74, 6) is -7.10. The van der Waals surface area contributed by atoms with E-state index in [2.05, 4.69) is 26.6 Å². The molecular weight excluding hydrogens is 791 g/mol. The van der Waals surface area contributed by atoms with E-state index in [0.29, 0.717) is 0 Å². The average Bonchev–Trinajstić information content (AvgIpc) is 3.50. The molecule has 1 aliphatic heterocycles. The predicted octanol–water partition coefficient (Wildman–Crippen LogP) is 1.25. The molecule has 1 aromatic rings. The number of hydrogen-bond acceptors (Lipinski definition) is 10. The molecule has 7 N–H and O–H groups in total. The van der Waals surface area contributed by atoms with Gasteiger partial charge in [0.1, 0.15) is 18.1 Å². The number of carboxylic acids is 2. The van der Waals surface area contributed by atoms with E-state index in [1.54, 1.807) is 14.1 Å². The van der Waals surface area contributed by atoms with E-state index in [1.165, 1.54) is 17.9 Å². The molecule has 1 aromatic carbocycles. The van der Waals surface area contributed by atoms with Crippen molar-refractivity contribution in [3.8, 4) is 0 Å². The quantitative estimate of drug-likeness (QED) is 0.0607. The summed E-state index contributed by atoms with van der Waals surface area (Å²) in [6.45, 7) is 14.4. The highest BCUT2D eigenvalue weighted by molar-refractivity contribution is 6.12. The Morgan fingerprint density at radius 3 is 1.80 bits per heavy atom. The zero-order valence-corrected chi connectivity index (χ0v) is 36.8. The minimum absolute atomic E-state index is 0.0600. The summed E-state index contributed by atoms with van der Waals surface area (Å²) in [4.78, 5) is 116. The van der Waals surface area contributed by atoms with Crippen molar-refractivity contribution in [2.45, 2.75) is 117 Å². The number of nitrogens with zero attached hydrogens (tertiary/aromatic N) is 2. The number of amides is 7. The highest BCUT2D eigenvalue weighted by Gasteiger charge is 2.42. The van der Waals surface area contributed by atoms with Crippen molar-refractivity contribution in [2.24, 2.45) is 11.3 Å². The molecule has 0 saturated carbocycles. The smallest absolute Gasteiger partial charge is 0.326 e. The average molecular weight is 854 g/mol. The molecule has 5 atom stereocenters. The van der Waals surface area contributed by atoms with Crippen molar-refractivity contribution < 1.29 is 53.4 Å². The van der Waals surface area contributed by atoms with E-state index in [1.807, 2.05) is 78.8 Å². The zero-order valence-electron chi connectivity index (χ0n) is 36.8. The molecule has 0 unspecified atom stereocenters. The number of carboxylic acid groups (broad SMARTS) is 2. The largest absolute Gasteiger partial charge is 0.480 e. The van der Waals surface area contributed by atoms with Crippen molar-refractivity contribution in [3.05, 3.63) is 59.7 Å². The van der Waals surface area contributed by atoms with E-state index < -0.39 is 101 Å². The van der Waals surface area contributed by atoms with Crippen LogP contribution in [0.1, 0.15) is 86.6 Å². The number of benzene rings is 1. The third-order valence-corrected chi connectivity index (χ3v) is 10.6. The minimum atomic E-state index is -1.54. The van der Waals surface area contributed by atoms with E-state index >= 15 is 0 Å². The molecule has 18 heteroatoms. The summed E-state index contributed by atoms with van der Waals surface area (Å²) in [6.07, 6.45) is 2.24. The molecule has 0 radical (unpaired) electrons. The van der Waals surface area contributed by atoms with Gasteiger partial charge in [0.15, 0.2) is 0 Å². The molecule has 0 saturated heterocycles. The Morgan fingerprint density at radius 1 is 0.787 bits per heavy atom. The third kappa shape index (κ3) is 14.9. The second-order valence-electron chi connectivity index (χ2n) is 17.1. The number of likely N-dealkylation sites (N-methyl/N-ethyl adjacent to an activating group) is 2. The van der Waals surface area contributed by atoms with E-state index in [4.69, 9.17) is 0 Å². The molecule has 1 aliphatic rings. The van der Waals surface area contributed by atoms with Gasteiger partial charge in [0.2, 0.25) is 29.5 Å². The van der Waals surface area contributed by atoms with Crippen molar-refractivity contribution in [3.63, 3.8) is 0 Å². The predicted molar refractivity (Wildman–Crippen MR) is 225 cm³/mol. The zero-order chi connectivity index (χ0) is 46.4. The van der Waals surface area contributed by atoms with Gasteiger partial charge in [-0.2, -0.15) is 0 Å². The van der Waals surface area contributed by atoms with Gasteiger partial charge >= 0.3 is 11.9 Å². The Labute approximate surface area is 357 Å². The fourth-order valence-corrected chi connectivity index (χ4v) is 6.81. The monoisotopic (exact) mass is 853 g/mol. The van der Waals surface area contributed by atoms with Crippen LogP contribution in [-0.4, -0.2) is 131 Å². The van der Waals surface area contributed by atoms with Crippen LogP contribution in [0.5, 0.6) is 0 Å². The maximum atomic E-state index is 14.2. The fraction of sp³-hybridized carbons (Fsp3) is 0.558. The number of imide groups is 1. The van der Waals surface area contributed by atoms with Crippen LogP contribution >= 0.6 is 0 Å². The summed E-state index contributed by atoms with van der Waals surface area (Å²) in [5, 5.41) is 32.7. The van der Waals surface area contributed by atoms with Crippen LogP contribution in [0, 0.1) is 11.3 Å². The van der Waals surface area contributed by atoms with Gasteiger partial charge in [-0.15, -0.1) is 0 Å². The van der Waals surface area contributed by atoms with Gasteiger partial charge in [0, 0.05) is 56.1 Å². The third-order valence-electron chi connectivity index (χ3n) is 10.6. The lowest BCUT2D eigenvalue weighted by molar-refractivity contribution is -0.143. The molecule has 0 aliphatic carbocycles. The lowest BCUT2D eigenvalue weighted by Gasteiger charge is -2.40. The number of carbonyl (C=O) groups excluding carboxylic acids is 7. The molecule has 7 amide bonds. The summed E-state index contributed by atoms with van der Waals surface area (Å²) in [6, 6.07) is 4.18. The van der Waals surface area contributed by atoms with Crippen LogP contribution < -0.4 is 26.6 Å². The van der Waals surface area contributed by atoms with Gasteiger partial charge in [0.25, 0.3) is 11.8 Å². The Kier molecular flexibility index (Phi) is 19.0. The number of nitrogens with one attached hydrogen (secondary N) is 5. The molecule has 18 nitrogen and oxygen atoms in total. The maximum absolute atomic E-state index is 14.2. The Balaban J connectivity index is 2.08. The Morgan fingerprint density at radius 2 is 1.31 bits per heavy atom. The van der Waals surface area contributed by atoms with Gasteiger partial charge in [-0.3, -0.25) is 38.5 Å². The number of carbonyl (C=O) groups is 9. The molecule has 0 spiro atoms. The van der Waals surface area contributed by atoms with Crippen LogP contribution in [-0.2, 0) is 48.6 Å². The second-order valence-corrected chi connectivity index (χ2v) is 17.1. The van der Waals surface area contributed by atoms with E-state index in [9.17, 15) is 53.4 Å². The molecule has 0 fully saturated rings. The van der Waals surface area contributed by atoms with Gasteiger partial charge in [-0.05, 0) is 43.7 Å². The maximum Gasteiger partial charge on any atom is 0.326 e. The first-order chi connectivity index (χ1) is 28.3.